The Morgan fingerprint density at radius 1 is 0.605 bits per heavy atom. The molecule has 0 fully saturated rings. The summed E-state index contributed by atoms with van der Waals surface area (Å²) in [5.41, 5.74) is 17.1. The molecule has 9 heteroatoms. The number of nitrogens with one attached hydrogen (secondary N) is 4. The van der Waals surface area contributed by atoms with E-state index in [2.05, 4.69) is 60.8 Å². The minimum atomic E-state index is -0.834. The van der Waals surface area contributed by atoms with Crippen LogP contribution in [0.1, 0.15) is 106 Å². The number of rotatable bonds is 8. The summed E-state index contributed by atoms with van der Waals surface area (Å²) in [4.78, 5) is 37.8. The molecule has 0 aromatic carbocycles. The molecule has 0 saturated carbocycles. The van der Waals surface area contributed by atoms with Crippen LogP contribution in [0.25, 0.3) is 12.2 Å². The largest absolute Gasteiger partial charge is 2.00 e. The van der Waals surface area contributed by atoms with Crippen molar-refractivity contribution in [3.05, 3.63) is 103 Å². The standard InChI is InChI=1S/C34H40N4O4.Mg.2H/c1-7-21-17(3)25-13-26-19(5)23(9-11-33(39)40)31(37-26)16-32-24(10-12-34(41)42)20(6)28(38-32)15-30-22(8-2)18(4)27(36-30)14-29(21)35-25;;;/h7-8,35-38H,1-2,9-16H2,3-6H3,(H,39,40)(H,41,42);;;/q;+2;2*-1. The van der Waals surface area contributed by atoms with Gasteiger partial charge in [-0.3, -0.25) is 9.59 Å². The first kappa shape index (κ1) is 32.2. The summed E-state index contributed by atoms with van der Waals surface area (Å²) >= 11 is 0. The topological polar surface area (TPSA) is 138 Å². The summed E-state index contributed by atoms with van der Waals surface area (Å²) in [6.45, 7) is 16.6. The van der Waals surface area contributed by atoms with Gasteiger partial charge in [-0.15, -0.1) is 0 Å². The second kappa shape index (κ2) is 12.9. The molecule has 0 aliphatic carbocycles. The fourth-order valence-corrected chi connectivity index (χ4v) is 6.67. The van der Waals surface area contributed by atoms with E-state index < -0.39 is 11.9 Å². The quantitative estimate of drug-likeness (QED) is 0.121. The van der Waals surface area contributed by atoms with Gasteiger partial charge < -0.3 is 33.0 Å². The summed E-state index contributed by atoms with van der Waals surface area (Å²) < 4.78 is 0. The summed E-state index contributed by atoms with van der Waals surface area (Å²) in [6, 6.07) is 0. The molecule has 0 spiro atoms. The first-order valence-corrected chi connectivity index (χ1v) is 14.5. The number of carbonyl (C=O) groups is 2. The van der Waals surface area contributed by atoms with Crippen LogP contribution in [-0.4, -0.2) is 65.1 Å². The Bertz CT molecular complexity index is 1740. The van der Waals surface area contributed by atoms with Crippen LogP contribution in [0.5, 0.6) is 0 Å². The molecule has 1 aliphatic rings. The smallest absolute Gasteiger partial charge is 1.00 e. The maximum absolute atomic E-state index is 11.6. The van der Waals surface area contributed by atoms with E-state index >= 15 is 0 Å². The molecule has 1 aliphatic heterocycles. The van der Waals surface area contributed by atoms with Crippen LogP contribution in [0.4, 0.5) is 0 Å². The molecule has 0 atom stereocenters. The van der Waals surface area contributed by atoms with Gasteiger partial charge in [-0.1, -0.05) is 25.3 Å². The van der Waals surface area contributed by atoms with Crippen molar-refractivity contribution < 1.29 is 22.7 Å². The minimum absolute atomic E-state index is 0. The molecular weight excluding hydrogens is 553 g/mol. The number of H-pyrrole nitrogens is 4. The van der Waals surface area contributed by atoms with Crippen molar-refractivity contribution in [1.29, 1.82) is 0 Å². The molecule has 8 bridgehead atoms. The van der Waals surface area contributed by atoms with Crippen LogP contribution in [-0.2, 0) is 48.1 Å². The number of fused-ring (bicyclic) bond motifs is 8. The zero-order valence-electron chi connectivity index (χ0n) is 27.6. The normalized spacial score (nSPS) is 12.6. The predicted molar refractivity (Wildman–Crippen MR) is 173 cm³/mol. The zero-order chi connectivity index (χ0) is 30.3. The van der Waals surface area contributed by atoms with Crippen LogP contribution in [0.3, 0.4) is 0 Å². The number of carboxylic acids is 2. The molecule has 0 unspecified atom stereocenters. The Morgan fingerprint density at radius 3 is 1.26 bits per heavy atom. The fourth-order valence-electron chi connectivity index (χ4n) is 6.67. The molecular formula is C34H42MgN4O4. The molecule has 43 heavy (non-hydrogen) atoms. The van der Waals surface area contributed by atoms with Crippen LogP contribution in [0.2, 0.25) is 0 Å². The third kappa shape index (κ3) is 6.19. The Morgan fingerprint density at radius 2 is 0.907 bits per heavy atom. The zero-order valence-corrected chi connectivity index (χ0v) is 27.1. The molecule has 6 N–H and O–H groups in total. The number of aliphatic carboxylic acids is 2. The molecule has 8 nitrogen and oxygen atoms in total. The number of hydrogen-bond acceptors (Lipinski definition) is 2. The van der Waals surface area contributed by atoms with E-state index in [9.17, 15) is 19.8 Å². The maximum atomic E-state index is 11.6. The van der Waals surface area contributed by atoms with Crippen LogP contribution in [0, 0.1) is 27.7 Å². The van der Waals surface area contributed by atoms with Crippen molar-refractivity contribution in [3.63, 3.8) is 0 Å². The first-order chi connectivity index (χ1) is 20.0. The van der Waals surface area contributed by atoms with E-state index in [0.29, 0.717) is 38.5 Å². The Labute approximate surface area is 271 Å². The third-order valence-corrected chi connectivity index (χ3v) is 9.11. The SMILES string of the molecule is C=Cc1c2[nH]c(c1C)Cc1[nH]c(c(CCC(=O)O)c1C)Cc1[nH]c(c(C)c1CCC(=O)O)Cc1[nH]c(c(C)c1C=C)C2.[H-].[H-].[Mg+2]. The van der Waals surface area contributed by atoms with Gasteiger partial charge in [-0.2, -0.15) is 0 Å². The van der Waals surface area contributed by atoms with Gasteiger partial charge in [-0.05, 0) is 85.0 Å². The first-order valence-electron chi connectivity index (χ1n) is 14.5. The minimum Gasteiger partial charge on any atom is -1.00 e. The number of aromatic amines is 4. The molecule has 5 heterocycles. The third-order valence-electron chi connectivity index (χ3n) is 9.11. The van der Waals surface area contributed by atoms with Crippen molar-refractivity contribution in [2.45, 2.75) is 79.1 Å². The van der Waals surface area contributed by atoms with E-state index in [1.807, 2.05) is 12.2 Å². The summed E-state index contributed by atoms with van der Waals surface area (Å²) in [5.74, 6) is -1.67. The summed E-state index contributed by atoms with van der Waals surface area (Å²) in [6.07, 6.45) is 7.22. The van der Waals surface area contributed by atoms with Crippen LogP contribution >= 0.6 is 0 Å². The second-order valence-corrected chi connectivity index (χ2v) is 11.5. The van der Waals surface area contributed by atoms with Crippen LogP contribution < -0.4 is 0 Å². The van der Waals surface area contributed by atoms with Gasteiger partial charge in [0.15, 0.2) is 0 Å². The molecule has 0 radical (unpaired) electrons. The predicted octanol–water partition coefficient (Wildman–Crippen LogP) is 6.07. The van der Waals surface area contributed by atoms with E-state index in [1.165, 1.54) is 0 Å². The average molecular weight is 595 g/mol. The maximum Gasteiger partial charge on any atom is 2.00 e. The van der Waals surface area contributed by atoms with E-state index in [-0.39, 0.29) is 38.7 Å². The number of hydrogen-bond donors (Lipinski definition) is 6. The second-order valence-electron chi connectivity index (χ2n) is 11.5. The number of carboxylic acid groups (broad SMARTS) is 2. The Balaban J connectivity index is 0.00000235. The fraction of sp³-hybridized carbons (Fsp3) is 0.353. The van der Waals surface area contributed by atoms with Gasteiger partial charge in [0.1, 0.15) is 0 Å². The monoisotopic (exact) mass is 594 g/mol. The van der Waals surface area contributed by atoms with Gasteiger partial charge in [0.25, 0.3) is 0 Å². The van der Waals surface area contributed by atoms with Gasteiger partial charge in [0, 0.05) is 84.1 Å². The van der Waals surface area contributed by atoms with E-state index in [1.54, 1.807) is 0 Å². The van der Waals surface area contributed by atoms with E-state index in [0.717, 1.165) is 90.1 Å². The molecule has 4 aromatic heterocycles. The molecule has 5 rings (SSSR count). The summed E-state index contributed by atoms with van der Waals surface area (Å²) in [5, 5.41) is 19.0. The molecule has 0 amide bonds. The average Bonchev–Trinajstić information content (AvgIpc) is 3.59. The number of aromatic nitrogens is 4. The van der Waals surface area contributed by atoms with Crippen LogP contribution in [0.15, 0.2) is 13.2 Å². The van der Waals surface area contributed by atoms with E-state index in [4.69, 9.17) is 0 Å². The van der Waals surface area contributed by atoms with Gasteiger partial charge in [0.2, 0.25) is 0 Å². The summed E-state index contributed by atoms with van der Waals surface area (Å²) in [7, 11) is 0. The van der Waals surface area contributed by atoms with Gasteiger partial charge in [0.05, 0.1) is 0 Å². The molecule has 0 saturated heterocycles. The Kier molecular flexibility index (Phi) is 9.66. The molecule has 224 valence electrons. The van der Waals surface area contributed by atoms with Gasteiger partial charge >= 0.3 is 35.0 Å². The van der Waals surface area contributed by atoms with Crippen molar-refractivity contribution in [2.75, 3.05) is 0 Å². The van der Waals surface area contributed by atoms with Crippen molar-refractivity contribution in [2.24, 2.45) is 0 Å². The Hall–Kier alpha value is -3.69. The van der Waals surface area contributed by atoms with Gasteiger partial charge in [-0.25, -0.2) is 0 Å². The van der Waals surface area contributed by atoms with Crippen molar-refractivity contribution >= 4 is 47.1 Å². The van der Waals surface area contributed by atoms with Crippen molar-refractivity contribution in [3.8, 4) is 0 Å². The van der Waals surface area contributed by atoms with Crippen molar-refractivity contribution in [1.82, 2.24) is 19.9 Å². The molecule has 4 aromatic rings.